The molecule has 1 saturated carbocycles. The number of rotatable bonds is 3. The van der Waals surface area contributed by atoms with Crippen LogP contribution in [0.5, 0.6) is 0 Å². The largest absolute Gasteiger partial charge is 0.354 e. The summed E-state index contributed by atoms with van der Waals surface area (Å²) >= 11 is 1.78. The molecule has 4 heteroatoms. The van der Waals surface area contributed by atoms with Gasteiger partial charge >= 0.3 is 0 Å². The normalized spacial score (nSPS) is 24.9. The van der Waals surface area contributed by atoms with Gasteiger partial charge in [-0.25, -0.2) is 0 Å². The molecule has 2 N–H and O–H groups in total. The van der Waals surface area contributed by atoms with Gasteiger partial charge in [-0.15, -0.1) is 11.3 Å². The van der Waals surface area contributed by atoms with Crippen LogP contribution >= 0.6 is 11.3 Å². The quantitative estimate of drug-likeness (QED) is 0.651. The molecule has 0 radical (unpaired) electrons. The number of nitrogens with zero attached hydrogens (tertiary/aromatic N) is 1. The summed E-state index contributed by atoms with van der Waals surface area (Å²) in [7, 11) is 1.84. The van der Waals surface area contributed by atoms with Gasteiger partial charge in [0.15, 0.2) is 5.96 Å². The fourth-order valence-corrected chi connectivity index (χ4v) is 3.02. The summed E-state index contributed by atoms with van der Waals surface area (Å²) in [6.45, 7) is 3.21. The van der Waals surface area contributed by atoms with Crippen molar-refractivity contribution in [2.75, 3.05) is 7.05 Å². The first-order valence-electron chi connectivity index (χ1n) is 6.77. The maximum atomic E-state index is 4.30. The van der Waals surface area contributed by atoms with Gasteiger partial charge in [0.25, 0.3) is 0 Å². The molecule has 0 atom stereocenters. The van der Waals surface area contributed by atoms with E-state index in [0.717, 1.165) is 18.4 Å². The predicted molar refractivity (Wildman–Crippen MR) is 79.1 cm³/mol. The second kappa shape index (κ2) is 6.78. The van der Waals surface area contributed by atoms with Crippen molar-refractivity contribution in [3.05, 3.63) is 22.4 Å². The molecule has 2 rings (SSSR count). The van der Waals surface area contributed by atoms with Crippen LogP contribution in [0.3, 0.4) is 0 Å². The van der Waals surface area contributed by atoms with E-state index in [0.29, 0.717) is 6.04 Å². The minimum atomic E-state index is 0.593. The standard InChI is InChI=1S/C14H23N3S/c1-11-5-7-12(8-6-11)17-14(15-2)16-10-13-4-3-9-18-13/h3-4,9,11-12H,5-8,10H2,1-2H3,(H2,15,16,17). The van der Waals surface area contributed by atoms with Gasteiger partial charge in [0, 0.05) is 18.0 Å². The predicted octanol–water partition coefficient (Wildman–Crippen LogP) is 2.99. The molecule has 0 spiro atoms. The Hall–Kier alpha value is -1.03. The van der Waals surface area contributed by atoms with Gasteiger partial charge < -0.3 is 10.6 Å². The third-order valence-corrected chi connectivity index (χ3v) is 4.47. The van der Waals surface area contributed by atoms with E-state index in [1.165, 1.54) is 30.6 Å². The Kier molecular flexibility index (Phi) is 5.05. The van der Waals surface area contributed by atoms with Crippen LogP contribution in [0.25, 0.3) is 0 Å². The van der Waals surface area contributed by atoms with E-state index in [-0.39, 0.29) is 0 Å². The number of thiophene rings is 1. The van der Waals surface area contributed by atoms with Crippen LogP contribution in [0.1, 0.15) is 37.5 Å². The first-order valence-corrected chi connectivity index (χ1v) is 7.65. The van der Waals surface area contributed by atoms with Gasteiger partial charge in [-0.1, -0.05) is 13.0 Å². The third-order valence-electron chi connectivity index (χ3n) is 3.59. The maximum Gasteiger partial charge on any atom is 0.191 e. The molecule has 1 heterocycles. The Bertz CT molecular complexity index is 364. The van der Waals surface area contributed by atoms with E-state index in [1.54, 1.807) is 11.3 Å². The van der Waals surface area contributed by atoms with Gasteiger partial charge in [0.2, 0.25) is 0 Å². The molecular formula is C14H23N3S. The lowest BCUT2D eigenvalue weighted by molar-refractivity contribution is 0.329. The number of hydrogen-bond donors (Lipinski definition) is 2. The van der Waals surface area contributed by atoms with E-state index in [2.05, 4.69) is 40.1 Å². The highest BCUT2D eigenvalue weighted by atomic mass is 32.1. The number of guanidine groups is 1. The van der Waals surface area contributed by atoms with Gasteiger partial charge in [-0.2, -0.15) is 0 Å². The summed E-state index contributed by atoms with van der Waals surface area (Å²) in [5, 5.41) is 9.02. The third kappa shape index (κ3) is 4.02. The van der Waals surface area contributed by atoms with Crippen molar-refractivity contribution in [1.82, 2.24) is 10.6 Å². The van der Waals surface area contributed by atoms with Gasteiger partial charge in [-0.05, 0) is 43.0 Å². The molecule has 0 aromatic carbocycles. The van der Waals surface area contributed by atoms with Crippen LogP contribution in [0, 0.1) is 5.92 Å². The van der Waals surface area contributed by atoms with Crippen molar-refractivity contribution in [2.45, 2.75) is 45.2 Å². The zero-order valence-corrected chi connectivity index (χ0v) is 12.1. The summed E-state index contributed by atoms with van der Waals surface area (Å²) in [6.07, 6.45) is 5.20. The lowest BCUT2D eigenvalue weighted by Crippen LogP contribution is -2.44. The van der Waals surface area contributed by atoms with Gasteiger partial charge in [0.05, 0.1) is 6.54 Å². The van der Waals surface area contributed by atoms with Crippen molar-refractivity contribution in [2.24, 2.45) is 10.9 Å². The summed E-state index contributed by atoms with van der Waals surface area (Å²) in [4.78, 5) is 5.64. The van der Waals surface area contributed by atoms with E-state index in [4.69, 9.17) is 0 Å². The minimum absolute atomic E-state index is 0.593. The van der Waals surface area contributed by atoms with Crippen LogP contribution in [0.4, 0.5) is 0 Å². The van der Waals surface area contributed by atoms with Crippen LogP contribution in [-0.4, -0.2) is 19.0 Å². The average Bonchev–Trinajstić information content (AvgIpc) is 2.90. The van der Waals surface area contributed by atoms with Crippen LogP contribution in [0.2, 0.25) is 0 Å². The van der Waals surface area contributed by atoms with E-state index >= 15 is 0 Å². The molecule has 1 aliphatic rings. The van der Waals surface area contributed by atoms with Crippen molar-refractivity contribution >= 4 is 17.3 Å². The zero-order valence-electron chi connectivity index (χ0n) is 11.3. The SMILES string of the molecule is CN=C(NCc1cccs1)NC1CCC(C)CC1. The fraction of sp³-hybridized carbons (Fsp3) is 0.643. The minimum Gasteiger partial charge on any atom is -0.354 e. The molecule has 0 bridgehead atoms. The molecule has 0 aliphatic heterocycles. The molecule has 0 unspecified atom stereocenters. The molecule has 1 aliphatic carbocycles. The Morgan fingerprint density at radius 2 is 2.17 bits per heavy atom. The molecular weight excluding hydrogens is 242 g/mol. The monoisotopic (exact) mass is 265 g/mol. The lowest BCUT2D eigenvalue weighted by atomic mass is 9.87. The van der Waals surface area contributed by atoms with Crippen LogP contribution < -0.4 is 10.6 Å². The molecule has 1 aromatic heterocycles. The molecule has 100 valence electrons. The molecule has 0 amide bonds. The number of nitrogens with one attached hydrogen (secondary N) is 2. The molecule has 18 heavy (non-hydrogen) atoms. The van der Waals surface area contributed by atoms with Gasteiger partial charge in [0.1, 0.15) is 0 Å². The Balaban J connectivity index is 1.75. The maximum absolute atomic E-state index is 4.30. The van der Waals surface area contributed by atoms with Crippen molar-refractivity contribution in [3.8, 4) is 0 Å². The highest BCUT2D eigenvalue weighted by molar-refractivity contribution is 7.09. The summed E-state index contributed by atoms with van der Waals surface area (Å²) in [5.41, 5.74) is 0. The van der Waals surface area contributed by atoms with E-state index in [9.17, 15) is 0 Å². The summed E-state index contributed by atoms with van der Waals surface area (Å²) in [6, 6.07) is 4.82. The van der Waals surface area contributed by atoms with Crippen molar-refractivity contribution < 1.29 is 0 Å². The topological polar surface area (TPSA) is 36.4 Å². The summed E-state index contributed by atoms with van der Waals surface area (Å²) < 4.78 is 0. The highest BCUT2D eigenvalue weighted by Crippen LogP contribution is 2.23. The zero-order chi connectivity index (χ0) is 12.8. The molecule has 1 fully saturated rings. The Morgan fingerprint density at radius 1 is 1.39 bits per heavy atom. The molecule has 1 aromatic rings. The number of hydrogen-bond acceptors (Lipinski definition) is 2. The lowest BCUT2D eigenvalue weighted by Gasteiger charge is -2.28. The fourth-order valence-electron chi connectivity index (χ4n) is 2.38. The van der Waals surface area contributed by atoms with Crippen molar-refractivity contribution in [3.63, 3.8) is 0 Å². The second-order valence-corrected chi connectivity index (χ2v) is 6.14. The van der Waals surface area contributed by atoms with Crippen LogP contribution in [-0.2, 0) is 6.54 Å². The first kappa shape index (κ1) is 13.4. The molecule has 3 nitrogen and oxygen atoms in total. The smallest absolute Gasteiger partial charge is 0.191 e. The Morgan fingerprint density at radius 3 is 2.78 bits per heavy atom. The highest BCUT2D eigenvalue weighted by Gasteiger charge is 2.18. The van der Waals surface area contributed by atoms with Gasteiger partial charge in [-0.3, -0.25) is 4.99 Å². The average molecular weight is 265 g/mol. The van der Waals surface area contributed by atoms with E-state index < -0.39 is 0 Å². The first-order chi connectivity index (χ1) is 8.78. The van der Waals surface area contributed by atoms with E-state index in [1.807, 2.05) is 7.05 Å². The Labute approximate surface area is 114 Å². The van der Waals surface area contributed by atoms with Crippen molar-refractivity contribution in [1.29, 1.82) is 0 Å². The second-order valence-electron chi connectivity index (χ2n) is 5.11. The summed E-state index contributed by atoms with van der Waals surface area (Å²) in [5.74, 6) is 1.83. The number of aliphatic imine (C=N–C) groups is 1. The molecule has 0 saturated heterocycles. The van der Waals surface area contributed by atoms with Crippen LogP contribution in [0.15, 0.2) is 22.5 Å².